The van der Waals surface area contributed by atoms with E-state index in [0.29, 0.717) is 58.0 Å². The molecule has 13 atom stereocenters. The van der Waals surface area contributed by atoms with Crippen LogP contribution in [0.15, 0.2) is 34.9 Å². The first-order valence-corrected chi connectivity index (χ1v) is 22.3. The van der Waals surface area contributed by atoms with Crippen molar-refractivity contribution in [3.63, 3.8) is 0 Å². The highest BCUT2D eigenvalue weighted by atomic mass is 16.7. The number of fused-ring (bicyclic) bond motifs is 3. The van der Waals surface area contributed by atoms with Gasteiger partial charge in [-0.3, -0.25) is 14.4 Å². The number of Topliss-reactive ketones (excluding diaryl/α,β-unsaturated/α-hetero) is 2. The number of allylic oxidation sites excluding steroid dienone is 4. The third-order valence-electron chi connectivity index (χ3n) is 13.3. The number of ether oxygens (including phenoxy) is 5. The minimum atomic E-state index is -2.46. The van der Waals surface area contributed by atoms with Crippen molar-refractivity contribution in [3.05, 3.63) is 34.9 Å². The fourth-order valence-electron chi connectivity index (χ4n) is 9.71. The van der Waals surface area contributed by atoms with Gasteiger partial charge in [-0.2, -0.15) is 0 Å². The second-order valence-electron chi connectivity index (χ2n) is 18.5. The van der Waals surface area contributed by atoms with Crippen LogP contribution in [0.1, 0.15) is 132 Å². The van der Waals surface area contributed by atoms with E-state index in [1.807, 2.05) is 47.6 Å². The maximum absolute atomic E-state index is 14.4. The number of aliphatic hydroxyl groups is 1. The maximum Gasteiger partial charge on any atom is 0.329 e. The summed E-state index contributed by atoms with van der Waals surface area (Å²) in [6, 6.07) is -1.10. The molecule has 2 bridgehead atoms. The maximum atomic E-state index is 14.4. The van der Waals surface area contributed by atoms with Gasteiger partial charge in [0.05, 0.1) is 24.9 Å². The summed E-state index contributed by atoms with van der Waals surface area (Å²) >= 11 is 0. The lowest BCUT2D eigenvalue weighted by Gasteiger charge is -2.47. The monoisotopic (exact) mass is 829 g/mol. The summed E-state index contributed by atoms with van der Waals surface area (Å²) in [7, 11) is 3.12. The first-order valence-electron chi connectivity index (χ1n) is 22.3. The second kappa shape index (κ2) is 22.4. The quantitative estimate of drug-likeness (QED) is 0.150. The summed E-state index contributed by atoms with van der Waals surface area (Å²) in [4.78, 5) is 58.0. The van der Waals surface area contributed by atoms with Crippen molar-refractivity contribution in [3.8, 4) is 0 Å². The molecule has 13 unspecified atom stereocenters. The summed E-state index contributed by atoms with van der Waals surface area (Å²) in [6.45, 7) is 16.5. The molecule has 334 valence electrons. The highest BCUT2D eigenvalue weighted by Crippen LogP contribution is 2.39. The third-order valence-corrected chi connectivity index (χ3v) is 13.3. The van der Waals surface area contributed by atoms with E-state index in [2.05, 4.69) is 19.1 Å². The standard InChI is InChI=1S/C47H76N2O10/c1-11-35-23-29(4)22-30(5)24-40(55-9)43-41(56-10)26-33(8)47(54,59-43)44(51)45(52)49-20-13-12-14-37(49)46(53)58-42(31(6)15-18-38(35)50)32(7)25-34-16-17-36(48)39(27-34)57-21-19-28(2)3/h19,23,25,30-31,33-37,39-43,54H,11-18,20-22,24,26-27,48H2,1-10H3. The fraction of sp³-hybridized carbons (Fsp3) is 0.787. The van der Waals surface area contributed by atoms with Crippen molar-refractivity contribution in [2.24, 2.45) is 35.3 Å². The molecular formula is C47H76N2O10. The Bertz CT molecular complexity index is 1540. The Hall–Kier alpha value is -2.74. The Balaban J connectivity index is 1.71. The van der Waals surface area contributed by atoms with E-state index in [1.54, 1.807) is 21.1 Å². The van der Waals surface area contributed by atoms with Gasteiger partial charge < -0.3 is 39.4 Å². The van der Waals surface area contributed by atoms with E-state index in [0.717, 1.165) is 30.4 Å². The van der Waals surface area contributed by atoms with Gasteiger partial charge >= 0.3 is 5.97 Å². The molecule has 0 radical (unpaired) electrons. The summed E-state index contributed by atoms with van der Waals surface area (Å²) < 4.78 is 30.7. The molecule has 0 aromatic heterocycles. The average molecular weight is 829 g/mol. The predicted molar refractivity (Wildman–Crippen MR) is 227 cm³/mol. The molecule has 12 heteroatoms. The van der Waals surface area contributed by atoms with Gasteiger partial charge in [-0.15, -0.1) is 0 Å². The van der Waals surface area contributed by atoms with Crippen LogP contribution in [-0.2, 0) is 42.9 Å². The van der Waals surface area contributed by atoms with Crippen molar-refractivity contribution >= 4 is 23.4 Å². The average Bonchev–Trinajstić information content (AvgIpc) is 3.20. The number of carbonyl (C=O) groups excluding carboxylic acids is 4. The number of cyclic esters (lactones) is 1. The first kappa shape index (κ1) is 48.9. The molecule has 4 rings (SSSR count). The normalized spacial score (nSPS) is 37.8. The van der Waals surface area contributed by atoms with Crippen LogP contribution in [0.5, 0.6) is 0 Å². The molecule has 59 heavy (non-hydrogen) atoms. The molecule has 3 N–H and O–H groups in total. The summed E-state index contributed by atoms with van der Waals surface area (Å²) in [5.74, 6) is -6.04. The molecule has 3 aliphatic heterocycles. The fourth-order valence-corrected chi connectivity index (χ4v) is 9.71. The molecule has 1 aliphatic carbocycles. The van der Waals surface area contributed by atoms with Crippen LogP contribution in [0.2, 0.25) is 0 Å². The highest BCUT2D eigenvalue weighted by Gasteiger charge is 2.56. The first-order chi connectivity index (χ1) is 27.9. The minimum absolute atomic E-state index is 0.0684. The Morgan fingerprint density at radius 1 is 0.966 bits per heavy atom. The molecule has 4 aliphatic rings. The number of nitrogens with two attached hydrogens (primary N) is 1. The lowest BCUT2D eigenvalue weighted by molar-refractivity contribution is -0.302. The van der Waals surface area contributed by atoms with Crippen LogP contribution in [0.4, 0.5) is 0 Å². The van der Waals surface area contributed by atoms with Crippen LogP contribution in [0.3, 0.4) is 0 Å². The van der Waals surface area contributed by atoms with Crippen LogP contribution in [-0.4, -0.2) is 109 Å². The van der Waals surface area contributed by atoms with Gasteiger partial charge in [0.2, 0.25) is 5.79 Å². The second-order valence-corrected chi connectivity index (χ2v) is 18.5. The number of rotatable bonds is 8. The van der Waals surface area contributed by atoms with E-state index < -0.39 is 59.8 Å². The number of ketones is 2. The molecule has 2 saturated heterocycles. The zero-order chi connectivity index (χ0) is 43.6. The molecule has 0 spiro atoms. The Kier molecular flexibility index (Phi) is 18.6. The largest absolute Gasteiger partial charge is 0.456 e. The van der Waals surface area contributed by atoms with Gasteiger partial charge in [0.15, 0.2) is 0 Å². The van der Waals surface area contributed by atoms with E-state index in [1.165, 1.54) is 10.5 Å². The van der Waals surface area contributed by atoms with Gasteiger partial charge in [0.25, 0.3) is 11.7 Å². The Labute approximate surface area is 354 Å². The van der Waals surface area contributed by atoms with Gasteiger partial charge in [-0.1, -0.05) is 57.1 Å². The smallest absolute Gasteiger partial charge is 0.329 e. The van der Waals surface area contributed by atoms with E-state index in [-0.39, 0.29) is 54.6 Å². The molecule has 0 aromatic carbocycles. The number of esters is 1. The molecule has 1 saturated carbocycles. The van der Waals surface area contributed by atoms with Gasteiger partial charge in [-0.05, 0) is 122 Å². The van der Waals surface area contributed by atoms with E-state index >= 15 is 0 Å². The zero-order valence-corrected chi connectivity index (χ0v) is 37.7. The SMILES string of the molecule is CCC1C=C(C)CC(C)CC(OC)C2OC(O)(C(=O)C(=O)N3CCCCC3C(=O)OC(C(C)=CC3CCC(N)C(OCC=C(C)C)C3)C(C)CCC1=O)C(C)CC2OC. The van der Waals surface area contributed by atoms with Crippen LogP contribution >= 0.6 is 0 Å². The van der Waals surface area contributed by atoms with Gasteiger partial charge in [0.1, 0.15) is 24.0 Å². The summed E-state index contributed by atoms with van der Waals surface area (Å²) in [5, 5.41) is 12.1. The summed E-state index contributed by atoms with van der Waals surface area (Å²) in [6.07, 6.45) is 10.5. The van der Waals surface area contributed by atoms with Crippen LogP contribution in [0.25, 0.3) is 0 Å². The van der Waals surface area contributed by atoms with Crippen molar-refractivity contribution in [1.29, 1.82) is 0 Å². The summed E-state index contributed by atoms with van der Waals surface area (Å²) in [5.41, 5.74) is 9.63. The topological polar surface area (TPSA) is 164 Å². The van der Waals surface area contributed by atoms with E-state index in [4.69, 9.17) is 29.4 Å². The lowest BCUT2D eigenvalue weighted by atomic mass is 9.81. The third kappa shape index (κ3) is 12.7. The molecule has 3 fully saturated rings. The number of amides is 1. The van der Waals surface area contributed by atoms with Crippen LogP contribution in [0, 0.1) is 29.6 Å². The number of hydrogen-bond donors (Lipinski definition) is 2. The highest BCUT2D eigenvalue weighted by molar-refractivity contribution is 6.39. The molecule has 3 heterocycles. The zero-order valence-electron chi connectivity index (χ0n) is 37.7. The number of nitrogens with zero attached hydrogens (tertiary/aromatic N) is 1. The van der Waals surface area contributed by atoms with Crippen molar-refractivity contribution in [1.82, 2.24) is 4.90 Å². The number of methoxy groups -OCH3 is 2. The van der Waals surface area contributed by atoms with Crippen molar-refractivity contribution in [2.75, 3.05) is 27.4 Å². The molecular weight excluding hydrogens is 753 g/mol. The van der Waals surface area contributed by atoms with Crippen molar-refractivity contribution < 1.29 is 48.0 Å². The number of hydrogen-bond acceptors (Lipinski definition) is 11. The Morgan fingerprint density at radius 3 is 2.32 bits per heavy atom. The number of carbonyl (C=O) groups is 4. The molecule has 1 amide bonds. The van der Waals surface area contributed by atoms with Gasteiger partial charge in [-0.25, -0.2) is 4.79 Å². The van der Waals surface area contributed by atoms with Crippen molar-refractivity contribution in [2.45, 2.75) is 181 Å². The molecule has 0 aromatic rings. The predicted octanol–water partition coefficient (Wildman–Crippen LogP) is 6.80. The lowest BCUT2D eigenvalue weighted by Crippen LogP contribution is -2.64. The van der Waals surface area contributed by atoms with Gasteiger partial charge in [0, 0.05) is 45.1 Å². The van der Waals surface area contributed by atoms with E-state index in [9.17, 15) is 24.3 Å². The molecule has 12 nitrogen and oxygen atoms in total. The number of piperidine rings is 1. The minimum Gasteiger partial charge on any atom is -0.456 e. The Morgan fingerprint density at radius 2 is 1.66 bits per heavy atom. The van der Waals surface area contributed by atoms with Crippen LogP contribution < -0.4 is 5.73 Å².